The maximum Gasteiger partial charge on any atom is 0.419 e. The van der Waals surface area contributed by atoms with E-state index in [-0.39, 0.29) is 18.0 Å². The van der Waals surface area contributed by atoms with Gasteiger partial charge in [-0.05, 0) is 80.1 Å². The number of carbonyl (C=O) groups is 2. The summed E-state index contributed by atoms with van der Waals surface area (Å²) in [5.74, 6) is -0.558. The Bertz CT molecular complexity index is 1130. The Balaban J connectivity index is 1.24. The molecule has 35 heavy (non-hydrogen) atoms. The summed E-state index contributed by atoms with van der Waals surface area (Å²) in [5, 5.41) is 5.15. The van der Waals surface area contributed by atoms with E-state index in [0.717, 1.165) is 43.5 Å². The van der Waals surface area contributed by atoms with Crippen LogP contribution in [-0.2, 0) is 23.8 Å². The van der Waals surface area contributed by atoms with Gasteiger partial charge in [-0.15, -0.1) is 0 Å². The van der Waals surface area contributed by atoms with Gasteiger partial charge < -0.3 is 5.32 Å². The summed E-state index contributed by atoms with van der Waals surface area (Å²) < 4.78 is 52.8. The Hall–Kier alpha value is -2.79. The van der Waals surface area contributed by atoms with Crippen molar-refractivity contribution < 1.29 is 27.2 Å². The molecule has 0 atom stereocenters. The van der Waals surface area contributed by atoms with Crippen LogP contribution in [0.1, 0.15) is 48.3 Å². The first-order chi connectivity index (χ1) is 16.7. The number of thioether (sulfide) groups is 1. The summed E-state index contributed by atoms with van der Waals surface area (Å²) in [7, 11) is 0. The predicted molar refractivity (Wildman–Crippen MR) is 124 cm³/mol. The van der Waals surface area contributed by atoms with Crippen LogP contribution in [0, 0.1) is 11.7 Å². The largest absolute Gasteiger partial charge is 0.419 e. The van der Waals surface area contributed by atoms with Crippen LogP contribution in [-0.4, -0.2) is 33.7 Å². The number of hydrogen-bond donors (Lipinski definition) is 2. The first-order valence-electron chi connectivity index (χ1n) is 11.3. The molecule has 2 heterocycles. The SMILES string of the molecule is O=C1NC(=O)/C(=C/c2ccnc(CC3CCC(NCCc4cccc(C(F)(F)F)c4F)CC3)n2)S1. The minimum absolute atomic E-state index is 0.0610. The van der Waals surface area contributed by atoms with Crippen molar-refractivity contribution in [3.05, 3.63) is 63.8 Å². The van der Waals surface area contributed by atoms with E-state index in [4.69, 9.17) is 0 Å². The molecular formula is C24H24F4N4O2S. The highest BCUT2D eigenvalue weighted by atomic mass is 32.2. The molecule has 186 valence electrons. The number of halogens is 4. The van der Waals surface area contributed by atoms with Gasteiger partial charge in [0.15, 0.2) is 0 Å². The lowest BCUT2D eigenvalue weighted by molar-refractivity contribution is -0.140. The van der Waals surface area contributed by atoms with E-state index >= 15 is 0 Å². The molecule has 0 spiro atoms. The first-order valence-corrected chi connectivity index (χ1v) is 12.2. The van der Waals surface area contributed by atoms with Gasteiger partial charge in [0, 0.05) is 18.7 Å². The molecule has 2 aromatic rings. The van der Waals surface area contributed by atoms with E-state index in [1.165, 1.54) is 12.1 Å². The lowest BCUT2D eigenvalue weighted by Crippen LogP contribution is -2.35. The molecule has 2 N–H and O–H groups in total. The molecule has 0 bridgehead atoms. The highest BCUT2D eigenvalue weighted by molar-refractivity contribution is 8.18. The van der Waals surface area contributed by atoms with Crippen molar-refractivity contribution in [2.24, 2.45) is 5.92 Å². The number of carbonyl (C=O) groups excluding carboxylic acids is 2. The molecule has 2 aliphatic rings. The van der Waals surface area contributed by atoms with Crippen LogP contribution in [0.2, 0.25) is 0 Å². The second kappa shape index (κ2) is 10.9. The van der Waals surface area contributed by atoms with Gasteiger partial charge in [-0.3, -0.25) is 14.9 Å². The van der Waals surface area contributed by atoms with E-state index in [0.29, 0.717) is 35.3 Å². The highest BCUT2D eigenvalue weighted by Crippen LogP contribution is 2.32. The van der Waals surface area contributed by atoms with Gasteiger partial charge in [0.25, 0.3) is 11.1 Å². The molecule has 1 saturated heterocycles. The molecule has 11 heteroatoms. The summed E-state index contributed by atoms with van der Waals surface area (Å²) in [6, 6.07) is 5.30. The normalized spacial score (nSPS) is 22.0. The number of imide groups is 1. The fourth-order valence-corrected chi connectivity index (χ4v) is 5.05. The molecule has 0 unspecified atom stereocenters. The second-order valence-corrected chi connectivity index (χ2v) is 9.67. The molecule has 1 saturated carbocycles. The molecule has 1 aromatic carbocycles. The van der Waals surface area contributed by atoms with Crippen LogP contribution in [0.25, 0.3) is 6.08 Å². The summed E-state index contributed by atoms with van der Waals surface area (Å²) in [6.07, 6.45) is 3.07. The number of benzene rings is 1. The van der Waals surface area contributed by atoms with E-state index in [1.54, 1.807) is 18.3 Å². The van der Waals surface area contributed by atoms with Crippen molar-refractivity contribution in [2.75, 3.05) is 6.54 Å². The van der Waals surface area contributed by atoms with Gasteiger partial charge in [0.1, 0.15) is 11.6 Å². The molecule has 2 fully saturated rings. The van der Waals surface area contributed by atoms with Gasteiger partial charge in [-0.25, -0.2) is 14.4 Å². The molecular weight excluding hydrogens is 484 g/mol. The zero-order valence-electron chi connectivity index (χ0n) is 18.7. The van der Waals surface area contributed by atoms with Gasteiger partial charge in [0.2, 0.25) is 0 Å². The maximum absolute atomic E-state index is 14.2. The Morgan fingerprint density at radius 1 is 1.14 bits per heavy atom. The fourth-order valence-electron chi connectivity index (χ4n) is 4.38. The predicted octanol–water partition coefficient (Wildman–Crippen LogP) is 4.89. The van der Waals surface area contributed by atoms with Crippen molar-refractivity contribution in [3.8, 4) is 0 Å². The molecule has 6 nitrogen and oxygen atoms in total. The lowest BCUT2D eigenvalue weighted by Gasteiger charge is -2.29. The van der Waals surface area contributed by atoms with Crippen molar-refractivity contribution >= 4 is 29.0 Å². The number of rotatable bonds is 7. The Labute approximate surface area is 204 Å². The van der Waals surface area contributed by atoms with E-state index in [9.17, 15) is 27.2 Å². The summed E-state index contributed by atoms with van der Waals surface area (Å²) >= 11 is 0.841. The summed E-state index contributed by atoms with van der Waals surface area (Å²) in [6.45, 7) is 0.404. The first kappa shape index (κ1) is 25.3. The minimum Gasteiger partial charge on any atom is -0.314 e. The Morgan fingerprint density at radius 2 is 1.91 bits per heavy atom. The number of alkyl halides is 3. The van der Waals surface area contributed by atoms with Gasteiger partial charge >= 0.3 is 6.18 Å². The number of nitrogens with zero attached hydrogens (tertiary/aromatic N) is 2. The van der Waals surface area contributed by atoms with Crippen LogP contribution in [0.4, 0.5) is 22.4 Å². The Kier molecular flexibility index (Phi) is 7.85. The van der Waals surface area contributed by atoms with E-state index in [1.807, 2.05) is 0 Å². The fraction of sp³-hybridized carbons (Fsp3) is 0.417. The highest BCUT2D eigenvalue weighted by Gasteiger charge is 2.34. The second-order valence-electron chi connectivity index (χ2n) is 8.65. The van der Waals surface area contributed by atoms with Crippen LogP contribution in [0.3, 0.4) is 0 Å². The van der Waals surface area contributed by atoms with Gasteiger partial charge in [0.05, 0.1) is 16.2 Å². The Morgan fingerprint density at radius 3 is 2.60 bits per heavy atom. The maximum atomic E-state index is 14.2. The number of nitrogens with one attached hydrogen (secondary N) is 2. The third-order valence-corrected chi connectivity index (χ3v) is 6.99. The number of aromatic nitrogens is 2. The zero-order valence-corrected chi connectivity index (χ0v) is 19.5. The monoisotopic (exact) mass is 508 g/mol. The molecule has 1 aliphatic carbocycles. The minimum atomic E-state index is -4.70. The van der Waals surface area contributed by atoms with Crippen LogP contribution in [0.5, 0.6) is 0 Å². The topological polar surface area (TPSA) is 84.0 Å². The molecule has 2 amide bonds. The standard InChI is InChI=1S/C24H24F4N4O2S/c25-21-15(2-1-3-18(21)24(26,27)28)8-10-29-16-6-4-14(5-7-16)12-20-30-11-9-17(31-20)13-19-22(33)32-23(34)35-19/h1-3,9,11,13-14,16,29H,4-8,10,12H2,(H,32,33,34)/b19-13-. The van der Waals surface area contributed by atoms with Gasteiger partial charge in [-0.1, -0.05) is 12.1 Å². The van der Waals surface area contributed by atoms with Gasteiger partial charge in [-0.2, -0.15) is 13.2 Å². The molecule has 1 aromatic heterocycles. The van der Waals surface area contributed by atoms with Crippen molar-refractivity contribution in [2.45, 2.75) is 50.7 Å². The van der Waals surface area contributed by atoms with Crippen molar-refractivity contribution in [3.63, 3.8) is 0 Å². The van der Waals surface area contributed by atoms with Crippen LogP contribution in [0.15, 0.2) is 35.4 Å². The van der Waals surface area contributed by atoms with E-state index < -0.39 is 28.7 Å². The molecule has 4 rings (SSSR count). The smallest absolute Gasteiger partial charge is 0.314 e. The molecule has 0 radical (unpaired) electrons. The number of hydrogen-bond acceptors (Lipinski definition) is 6. The third-order valence-electron chi connectivity index (χ3n) is 6.18. The summed E-state index contributed by atoms with van der Waals surface area (Å²) in [5.41, 5.74) is -0.595. The van der Waals surface area contributed by atoms with Crippen molar-refractivity contribution in [1.29, 1.82) is 0 Å². The molecule has 1 aliphatic heterocycles. The lowest BCUT2D eigenvalue weighted by atomic mass is 9.84. The zero-order chi connectivity index (χ0) is 25.0. The van der Waals surface area contributed by atoms with E-state index in [2.05, 4.69) is 20.6 Å². The summed E-state index contributed by atoms with van der Waals surface area (Å²) in [4.78, 5) is 32.2. The average molecular weight is 509 g/mol. The van der Waals surface area contributed by atoms with Crippen LogP contribution >= 0.6 is 11.8 Å². The van der Waals surface area contributed by atoms with Crippen LogP contribution < -0.4 is 10.6 Å². The number of amides is 2. The average Bonchev–Trinajstić information content (AvgIpc) is 3.12. The van der Waals surface area contributed by atoms with Crippen molar-refractivity contribution in [1.82, 2.24) is 20.6 Å². The third kappa shape index (κ3) is 6.66. The quantitative estimate of drug-likeness (QED) is 0.409.